The molecule has 4 aromatic carbocycles. The summed E-state index contributed by atoms with van der Waals surface area (Å²) in [5, 5.41) is 3.76. The molecule has 0 bridgehead atoms. The number of carbonyl (C=O) groups is 8. The van der Waals surface area contributed by atoms with Crippen LogP contribution in [-0.4, -0.2) is 91.9 Å². The number of nitrogens with zero attached hydrogens (tertiary/aromatic N) is 2. The minimum Gasteiger partial charge on any atom is -0.445 e. The van der Waals surface area contributed by atoms with E-state index in [0.717, 1.165) is 4.90 Å². The number of benzene rings is 4. The highest BCUT2D eigenvalue weighted by Gasteiger charge is 2.59. The fourth-order valence-electron chi connectivity index (χ4n) is 7.90. The van der Waals surface area contributed by atoms with Gasteiger partial charge in [-0.05, 0) is 60.1 Å². The Bertz CT molecular complexity index is 2530. The number of aromatic nitrogens is 1. The van der Waals surface area contributed by atoms with Gasteiger partial charge in [0.2, 0.25) is 5.91 Å². The van der Waals surface area contributed by atoms with E-state index < -0.39 is 70.0 Å². The van der Waals surface area contributed by atoms with Crippen molar-refractivity contribution >= 4 is 69.4 Å². The number of carbonyl (C=O) groups excluding carboxylic acids is 8. The maximum Gasteiger partial charge on any atom is 0.418 e. The van der Waals surface area contributed by atoms with Crippen LogP contribution in [-0.2, 0) is 48.3 Å². The molecule has 1 aliphatic rings. The van der Waals surface area contributed by atoms with E-state index in [-0.39, 0.29) is 56.1 Å². The zero-order valence-electron chi connectivity index (χ0n) is 36.5. The highest BCUT2D eigenvalue weighted by atomic mass is 32.2. The number of nitrogens with one attached hydrogen (secondary N) is 3. The summed E-state index contributed by atoms with van der Waals surface area (Å²) in [5.74, 6) is -4.57. The van der Waals surface area contributed by atoms with Crippen LogP contribution in [0.15, 0.2) is 115 Å². The van der Waals surface area contributed by atoms with Crippen LogP contribution in [0.1, 0.15) is 77.4 Å². The van der Waals surface area contributed by atoms with Gasteiger partial charge in [-0.1, -0.05) is 117 Å². The normalized spacial score (nSPS) is 14.0. The van der Waals surface area contributed by atoms with E-state index in [1.165, 1.54) is 14.0 Å². The van der Waals surface area contributed by atoms with Crippen molar-refractivity contribution in [3.63, 3.8) is 0 Å². The highest BCUT2D eigenvalue weighted by molar-refractivity contribution is 8.14. The van der Waals surface area contributed by atoms with Gasteiger partial charge in [-0.2, -0.15) is 0 Å². The number of Topliss-reactive ketones (excluding diaryl/α,β-unsaturated/α-hetero) is 1. The molecule has 0 saturated carbocycles. The Morgan fingerprint density at radius 3 is 1.94 bits per heavy atom. The van der Waals surface area contributed by atoms with Crippen LogP contribution in [0.4, 0.5) is 9.59 Å². The fraction of sp³-hybridized carbons (Fsp3) is 0.306. The smallest absolute Gasteiger partial charge is 0.418 e. The lowest BCUT2D eigenvalue weighted by Crippen LogP contribution is -2.72. The first-order valence-corrected chi connectivity index (χ1v) is 22.1. The van der Waals surface area contributed by atoms with Crippen LogP contribution in [0.25, 0.3) is 10.9 Å². The van der Waals surface area contributed by atoms with Gasteiger partial charge in [0.1, 0.15) is 13.2 Å². The number of ketones is 1. The molecule has 3 atom stereocenters. The zero-order chi connectivity index (χ0) is 46.7. The first kappa shape index (κ1) is 47.4. The maximum atomic E-state index is 15.8. The number of hydrogen-bond acceptors (Lipinski definition) is 11. The van der Waals surface area contributed by atoms with E-state index in [0.29, 0.717) is 44.3 Å². The topological polar surface area (TPSA) is 201 Å². The number of fused-ring (bicyclic) bond motifs is 2. The second kappa shape index (κ2) is 21.5. The lowest BCUT2D eigenvalue weighted by molar-refractivity contribution is -0.154. The molecule has 0 aliphatic carbocycles. The largest absolute Gasteiger partial charge is 0.445 e. The van der Waals surface area contributed by atoms with Crippen LogP contribution in [0.3, 0.4) is 0 Å². The molecule has 65 heavy (non-hydrogen) atoms. The van der Waals surface area contributed by atoms with Crippen molar-refractivity contribution in [3.8, 4) is 0 Å². The number of imide groups is 2. The van der Waals surface area contributed by atoms with Crippen LogP contribution >= 0.6 is 11.8 Å². The quantitative estimate of drug-likeness (QED) is 0.0570. The number of likely N-dealkylation sites (N-methyl/N-ethyl adjacent to an activating group) is 1. The van der Waals surface area contributed by atoms with E-state index in [1.54, 1.807) is 129 Å². The third kappa shape index (κ3) is 11.0. The first-order chi connectivity index (χ1) is 31.2. The Hall–Kier alpha value is -7.07. The molecule has 0 radical (unpaired) electrons. The molecule has 338 valence electrons. The van der Waals surface area contributed by atoms with Gasteiger partial charge in [0.05, 0.1) is 22.4 Å². The number of ether oxygens (including phenoxy) is 2. The number of rotatable bonds is 19. The zero-order valence-corrected chi connectivity index (χ0v) is 37.4. The molecule has 6 amide bonds. The van der Waals surface area contributed by atoms with Crippen molar-refractivity contribution in [2.45, 2.75) is 76.5 Å². The summed E-state index contributed by atoms with van der Waals surface area (Å²) in [4.78, 5) is 119. The molecule has 0 fully saturated rings. The van der Waals surface area contributed by atoms with Gasteiger partial charge < -0.3 is 25.1 Å². The number of hydrogen-bond donors (Lipinski definition) is 3. The van der Waals surface area contributed by atoms with Crippen molar-refractivity contribution in [2.75, 3.05) is 13.6 Å². The molecular formula is C49H51N5O10S. The molecule has 5 aromatic rings. The Labute approximate surface area is 380 Å². The van der Waals surface area contributed by atoms with E-state index >= 15 is 14.4 Å². The van der Waals surface area contributed by atoms with Crippen LogP contribution < -0.4 is 10.6 Å². The summed E-state index contributed by atoms with van der Waals surface area (Å²) < 4.78 is 11.4. The number of thioether (sulfide) groups is 1. The van der Waals surface area contributed by atoms with Crippen LogP contribution in [0, 0.1) is 5.92 Å². The molecule has 1 unspecified atom stereocenters. The SMILES string of the molecule is CNC(=O)[C@@](Cc1c[nH]c2ccccc12)(C(=O)[C@H](CC(C)C)NC(=O)OCc1ccccc1)N(C(=O)OCc1ccccc1)C(=O)C(CCCN1C(=O)c2ccccc2C1=O)SC(C)=O. The Morgan fingerprint density at radius 2 is 1.35 bits per heavy atom. The molecule has 0 saturated heterocycles. The number of H-pyrrole nitrogens is 1. The average Bonchev–Trinajstić information content (AvgIpc) is 3.82. The van der Waals surface area contributed by atoms with E-state index in [4.69, 9.17) is 9.47 Å². The maximum absolute atomic E-state index is 15.8. The van der Waals surface area contributed by atoms with E-state index in [9.17, 15) is 24.0 Å². The molecule has 1 aromatic heterocycles. The summed E-state index contributed by atoms with van der Waals surface area (Å²) in [6.45, 7) is 4.14. The van der Waals surface area contributed by atoms with Crippen molar-refractivity contribution < 1.29 is 47.8 Å². The Kier molecular flexibility index (Phi) is 15.7. The molecule has 15 nitrogen and oxygen atoms in total. The lowest BCUT2D eigenvalue weighted by Gasteiger charge is -2.42. The summed E-state index contributed by atoms with van der Waals surface area (Å²) in [5.41, 5.74) is -0.131. The van der Waals surface area contributed by atoms with Crippen molar-refractivity contribution in [1.82, 2.24) is 25.4 Å². The standard InChI is InChI=1S/C49H51N5O10S/c1-31(2)26-40(52-47(61)63-29-33-16-7-5-8-17-33)42(56)49(46(60)50-4,27-35-28-51-39-23-14-13-20-36(35)39)54(48(62)64-30-34-18-9-6-10-19-34)45(59)41(65-32(3)55)24-15-25-53-43(57)37-21-11-12-22-38(37)44(53)58/h5-14,16-23,28,31,40-41,51H,15,24-27,29-30H2,1-4H3,(H,50,60)(H,52,61)/t40-,41?,49+/m0/s1. The summed E-state index contributed by atoms with van der Waals surface area (Å²) in [6, 6.07) is 29.3. The van der Waals surface area contributed by atoms with E-state index in [1.807, 2.05) is 0 Å². The second-order valence-electron chi connectivity index (χ2n) is 16.0. The molecular weight excluding hydrogens is 851 g/mol. The lowest BCUT2D eigenvalue weighted by atomic mass is 9.78. The highest BCUT2D eigenvalue weighted by Crippen LogP contribution is 2.34. The monoisotopic (exact) mass is 901 g/mol. The number of aromatic amines is 1. The molecule has 3 N–H and O–H groups in total. The van der Waals surface area contributed by atoms with Crippen molar-refractivity contribution in [1.29, 1.82) is 0 Å². The van der Waals surface area contributed by atoms with Gasteiger partial charge in [-0.3, -0.25) is 33.7 Å². The van der Waals surface area contributed by atoms with Gasteiger partial charge in [-0.25, -0.2) is 14.5 Å². The fourth-order valence-corrected chi connectivity index (χ4v) is 8.79. The first-order valence-electron chi connectivity index (χ1n) is 21.2. The van der Waals surface area contributed by atoms with Gasteiger partial charge in [0.25, 0.3) is 17.7 Å². The van der Waals surface area contributed by atoms with Gasteiger partial charge in [-0.15, -0.1) is 0 Å². The third-order valence-electron chi connectivity index (χ3n) is 11.0. The summed E-state index contributed by atoms with van der Waals surface area (Å²) in [7, 11) is 1.25. The number of alkyl carbamates (subject to hydrolysis) is 1. The predicted molar refractivity (Wildman–Crippen MR) is 243 cm³/mol. The minimum absolute atomic E-state index is 0.0107. The Balaban J connectivity index is 1.46. The van der Waals surface area contributed by atoms with Crippen LogP contribution in [0.5, 0.6) is 0 Å². The molecule has 1 aliphatic heterocycles. The van der Waals surface area contributed by atoms with Crippen molar-refractivity contribution in [3.05, 3.63) is 143 Å². The second-order valence-corrected chi connectivity index (χ2v) is 17.4. The van der Waals surface area contributed by atoms with Crippen molar-refractivity contribution in [2.24, 2.45) is 5.92 Å². The molecule has 0 spiro atoms. The predicted octanol–water partition coefficient (Wildman–Crippen LogP) is 7.00. The molecule has 6 rings (SSSR count). The molecule has 16 heteroatoms. The summed E-state index contributed by atoms with van der Waals surface area (Å²) >= 11 is 0.566. The van der Waals surface area contributed by atoms with Gasteiger partial charge >= 0.3 is 12.2 Å². The minimum atomic E-state index is -2.78. The van der Waals surface area contributed by atoms with Gasteiger partial charge in [0.15, 0.2) is 16.4 Å². The van der Waals surface area contributed by atoms with E-state index in [2.05, 4.69) is 15.6 Å². The number of amides is 6. The van der Waals surface area contributed by atoms with Crippen LogP contribution in [0.2, 0.25) is 0 Å². The molecule has 2 heterocycles. The number of para-hydroxylation sites is 1. The summed E-state index contributed by atoms with van der Waals surface area (Å²) in [6.07, 6.45) is -1.65. The third-order valence-corrected chi connectivity index (χ3v) is 12.0. The average molecular weight is 902 g/mol. The Morgan fingerprint density at radius 1 is 0.785 bits per heavy atom. The van der Waals surface area contributed by atoms with Gasteiger partial charge in [0, 0.05) is 44.0 Å².